The molecular formula is C25H19N3O4. The first-order valence-corrected chi connectivity index (χ1v) is 9.83. The first-order valence-electron chi connectivity index (χ1n) is 9.83. The number of benzene rings is 3. The summed E-state index contributed by atoms with van der Waals surface area (Å²) in [6, 6.07) is 19.1. The fraction of sp³-hybridized carbons (Fsp3) is 0.0800. The molecule has 0 unspecified atom stereocenters. The SMILES string of the molecule is Cc1ccc(-c2nc(-c3ccccc3)nc(-c3ccc(C)cc3C(=O)O)n2)c(C(=O)O)c1. The Hall–Kier alpha value is -4.39. The van der Waals surface area contributed by atoms with Crippen LogP contribution in [0.4, 0.5) is 0 Å². The Labute approximate surface area is 184 Å². The van der Waals surface area contributed by atoms with E-state index < -0.39 is 11.9 Å². The normalized spacial score (nSPS) is 10.7. The predicted molar refractivity (Wildman–Crippen MR) is 120 cm³/mol. The van der Waals surface area contributed by atoms with Gasteiger partial charge in [0.05, 0.1) is 11.1 Å². The largest absolute Gasteiger partial charge is 0.478 e. The zero-order valence-corrected chi connectivity index (χ0v) is 17.4. The summed E-state index contributed by atoms with van der Waals surface area (Å²) in [6.07, 6.45) is 0. The maximum Gasteiger partial charge on any atom is 0.336 e. The van der Waals surface area contributed by atoms with Crippen LogP contribution in [0, 0.1) is 13.8 Å². The van der Waals surface area contributed by atoms with Crippen LogP contribution >= 0.6 is 0 Å². The van der Waals surface area contributed by atoms with Crippen LogP contribution in [0.5, 0.6) is 0 Å². The predicted octanol–water partition coefficient (Wildman–Crippen LogP) is 4.89. The molecule has 3 aromatic carbocycles. The lowest BCUT2D eigenvalue weighted by molar-refractivity contribution is 0.0687. The fourth-order valence-corrected chi connectivity index (χ4v) is 3.39. The van der Waals surface area contributed by atoms with Gasteiger partial charge in [0, 0.05) is 16.7 Å². The van der Waals surface area contributed by atoms with Gasteiger partial charge in [-0.05, 0) is 26.0 Å². The van der Waals surface area contributed by atoms with Gasteiger partial charge in [-0.2, -0.15) is 0 Å². The van der Waals surface area contributed by atoms with Gasteiger partial charge in [-0.3, -0.25) is 0 Å². The number of hydrogen-bond donors (Lipinski definition) is 2. The molecule has 0 saturated carbocycles. The third-order valence-electron chi connectivity index (χ3n) is 4.96. The van der Waals surface area contributed by atoms with Crippen molar-refractivity contribution in [3.8, 4) is 34.2 Å². The summed E-state index contributed by atoms with van der Waals surface area (Å²) in [5.41, 5.74) is 3.05. The average Bonchev–Trinajstić information content (AvgIpc) is 2.79. The lowest BCUT2D eigenvalue weighted by Crippen LogP contribution is -2.07. The Balaban J connectivity index is 2.02. The molecule has 0 fully saturated rings. The highest BCUT2D eigenvalue weighted by Gasteiger charge is 2.20. The fourth-order valence-electron chi connectivity index (χ4n) is 3.39. The highest BCUT2D eigenvalue weighted by atomic mass is 16.4. The second kappa shape index (κ2) is 8.39. The molecule has 0 bridgehead atoms. The van der Waals surface area contributed by atoms with Crippen molar-refractivity contribution in [3.05, 3.63) is 89.0 Å². The molecule has 7 nitrogen and oxygen atoms in total. The van der Waals surface area contributed by atoms with Crippen molar-refractivity contribution in [1.82, 2.24) is 15.0 Å². The van der Waals surface area contributed by atoms with Gasteiger partial charge < -0.3 is 10.2 Å². The average molecular weight is 425 g/mol. The van der Waals surface area contributed by atoms with Crippen molar-refractivity contribution in [2.75, 3.05) is 0 Å². The summed E-state index contributed by atoms with van der Waals surface area (Å²) in [5.74, 6) is -1.58. The number of carboxylic acid groups (broad SMARTS) is 2. The Morgan fingerprint density at radius 1 is 0.625 bits per heavy atom. The number of aryl methyl sites for hydroxylation is 2. The molecule has 0 saturated heterocycles. The van der Waals surface area contributed by atoms with Crippen molar-refractivity contribution < 1.29 is 19.8 Å². The maximum absolute atomic E-state index is 11.9. The Bertz CT molecular complexity index is 1270. The van der Waals surface area contributed by atoms with Gasteiger partial charge in [0.2, 0.25) is 0 Å². The Morgan fingerprint density at radius 3 is 1.50 bits per heavy atom. The van der Waals surface area contributed by atoms with Crippen molar-refractivity contribution in [3.63, 3.8) is 0 Å². The Kier molecular flexibility index (Phi) is 5.47. The van der Waals surface area contributed by atoms with Gasteiger partial charge in [-0.15, -0.1) is 0 Å². The second-order valence-corrected chi connectivity index (χ2v) is 7.38. The minimum absolute atomic E-state index is 0.0588. The molecule has 158 valence electrons. The number of aromatic nitrogens is 3. The molecule has 0 atom stereocenters. The maximum atomic E-state index is 11.9. The van der Waals surface area contributed by atoms with Crippen molar-refractivity contribution in [2.24, 2.45) is 0 Å². The van der Waals surface area contributed by atoms with E-state index in [1.807, 2.05) is 30.3 Å². The van der Waals surface area contributed by atoms with E-state index in [1.54, 1.807) is 50.2 Å². The lowest BCUT2D eigenvalue weighted by atomic mass is 10.0. The highest BCUT2D eigenvalue weighted by Crippen LogP contribution is 2.29. The van der Waals surface area contributed by atoms with Crippen LogP contribution in [-0.4, -0.2) is 37.1 Å². The second-order valence-electron chi connectivity index (χ2n) is 7.38. The van der Waals surface area contributed by atoms with Crippen LogP contribution in [0.1, 0.15) is 31.8 Å². The molecule has 0 aliphatic heterocycles. The first kappa shape index (κ1) is 20.9. The van der Waals surface area contributed by atoms with E-state index >= 15 is 0 Å². The standard InChI is InChI=1S/C25H19N3O4/c1-14-8-10-17(19(12-14)24(29)30)22-26-21(16-6-4-3-5-7-16)27-23(28-22)18-11-9-15(2)13-20(18)25(31)32/h3-13H,1-2H3,(H,29,30)(H,31,32). The van der Waals surface area contributed by atoms with E-state index in [1.165, 1.54) is 0 Å². The molecule has 4 rings (SSSR count). The zero-order valence-electron chi connectivity index (χ0n) is 17.4. The molecule has 0 aliphatic carbocycles. The van der Waals surface area contributed by atoms with Crippen LogP contribution in [-0.2, 0) is 0 Å². The number of carbonyl (C=O) groups is 2. The summed E-state index contributed by atoms with van der Waals surface area (Å²) >= 11 is 0. The molecule has 1 heterocycles. The minimum atomic E-state index is -1.10. The van der Waals surface area contributed by atoms with Gasteiger partial charge in [0.25, 0.3) is 0 Å². The molecule has 4 aromatic rings. The van der Waals surface area contributed by atoms with Crippen LogP contribution in [0.3, 0.4) is 0 Å². The van der Waals surface area contributed by atoms with Crippen LogP contribution in [0.2, 0.25) is 0 Å². The monoisotopic (exact) mass is 425 g/mol. The molecule has 0 amide bonds. The highest BCUT2D eigenvalue weighted by molar-refractivity contribution is 5.97. The van der Waals surface area contributed by atoms with Gasteiger partial charge in [0.1, 0.15) is 0 Å². The van der Waals surface area contributed by atoms with Crippen molar-refractivity contribution >= 4 is 11.9 Å². The van der Waals surface area contributed by atoms with E-state index in [0.717, 1.165) is 11.1 Å². The zero-order chi connectivity index (χ0) is 22.8. The third-order valence-corrected chi connectivity index (χ3v) is 4.96. The molecule has 0 spiro atoms. The molecular weight excluding hydrogens is 406 g/mol. The van der Waals surface area contributed by atoms with Crippen LogP contribution < -0.4 is 0 Å². The van der Waals surface area contributed by atoms with E-state index in [2.05, 4.69) is 15.0 Å². The van der Waals surface area contributed by atoms with Crippen LogP contribution in [0.15, 0.2) is 66.7 Å². The van der Waals surface area contributed by atoms with E-state index in [0.29, 0.717) is 22.5 Å². The van der Waals surface area contributed by atoms with Gasteiger partial charge in [-0.1, -0.05) is 65.7 Å². The smallest absolute Gasteiger partial charge is 0.336 e. The summed E-state index contributed by atoms with van der Waals surface area (Å²) in [4.78, 5) is 37.3. The Morgan fingerprint density at radius 2 is 1.06 bits per heavy atom. The number of hydrogen-bond acceptors (Lipinski definition) is 5. The van der Waals surface area contributed by atoms with Gasteiger partial charge in [0.15, 0.2) is 17.5 Å². The van der Waals surface area contributed by atoms with Gasteiger partial charge in [-0.25, -0.2) is 24.5 Å². The number of aromatic carboxylic acids is 2. The molecule has 32 heavy (non-hydrogen) atoms. The number of carboxylic acids is 2. The summed E-state index contributed by atoms with van der Waals surface area (Å²) in [6.45, 7) is 3.60. The van der Waals surface area contributed by atoms with E-state index in [4.69, 9.17) is 0 Å². The lowest BCUT2D eigenvalue weighted by Gasteiger charge is -2.12. The molecule has 7 heteroatoms. The summed E-state index contributed by atoms with van der Waals surface area (Å²) in [5, 5.41) is 19.4. The molecule has 0 aliphatic rings. The molecule has 1 aromatic heterocycles. The van der Waals surface area contributed by atoms with Crippen molar-refractivity contribution in [2.45, 2.75) is 13.8 Å². The van der Waals surface area contributed by atoms with Gasteiger partial charge >= 0.3 is 11.9 Å². The minimum Gasteiger partial charge on any atom is -0.478 e. The summed E-state index contributed by atoms with van der Waals surface area (Å²) < 4.78 is 0. The topological polar surface area (TPSA) is 113 Å². The number of rotatable bonds is 5. The molecule has 0 radical (unpaired) electrons. The van der Waals surface area contributed by atoms with Crippen molar-refractivity contribution in [1.29, 1.82) is 0 Å². The van der Waals surface area contributed by atoms with E-state index in [-0.39, 0.29) is 22.8 Å². The number of nitrogens with zero attached hydrogens (tertiary/aromatic N) is 3. The molecule has 2 N–H and O–H groups in total. The third kappa shape index (κ3) is 4.09. The van der Waals surface area contributed by atoms with E-state index in [9.17, 15) is 19.8 Å². The van der Waals surface area contributed by atoms with Crippen LogP contribution in [0.25, 0.3) is 34.2 Å². The quantitative estimate of drug-likeness (QED) is 0.468. The summed E-state index contributed by atoms with van der Waals surface area (Å²) in [7, 11) is 0. The first-order chi connectivity index (χ1) is 15.3.